The molecule has 0 atom stereocenters. The SMILES string of the molecule is Cc1ccc(C)c(Oc2c(N)c(C)nn2C)c1. The molecule has 2 rings (SSSR count). The highest BCUT2D eigenvalue weighted by atomic mass is 16.5. The van der Waals surface area contributed by atoms with Crippen molar-refractivity contribution in [3.8, 4) is 11.6 Å². The minimum atomic E-state index is 0.591. The third-order valence-electron chi connectivity index (χ3n) is 2.76. The van der Waals surface area contributed by atoms with Gasteiger partial charge in [0.05, 0.1) is 5.69 Å². The average molecular weight is 231 g/mol. The van der Waals surface area contributed by atoms with Crippen molar-refractivity contribution in [3.63, 3.8) is 0 Å². The van der Waals surface area contributed by atoms with E-state index in [2.05, 4.69) is 11.2 Å². The van der Waals surface area contributed by atoms with Crippen molar-refractivity contribution in [2.75, 3.05) is 5.73 Å². The Morgan fingerprint density at radius 1 is 1.24 bits per heavy atom. The molecular formula is C13H17N3O. The van der Waals surface area contributed by atoms with E-state index < -0.39 is 0 Å². The van der Waals surface area contributed by atoms with Crippen LogP contribution in [-0.4, -0.2) is 9.78 Å². The average Bonchev–Trinajstić information content (AvgIpc) is 2.50. The molecule has 2 aromatic rings. The zero-order valence-electron chi connectivity index (χ0n) is 10.6. The van der Waals surface area contributed by atoms with E-state index in [-0.39, 0.29) is 0 Å². The molecule has 1 heterocycles. The Labute approximate surface area is 101 Å². The highest BCUT2D eigenvalue weighted by Gasteiger charge is 2.13. The predicted octanol–water partition coefficient (Wildman–Crippen LogP) is 2.72. The molecule has 4 heteroatoms. The van der Waals surface area contributed by atoms with Gasteiger partial charge < -0.3 is 10.5 Å². The zero-order valence-corrected chi connectivity index (χ0v) is 10.6. The molecule has 0 aliphatic rings. The molecule has 4 nitrogen and oxygen atoms in total. The Bertz CT molecular complexity index is 558. The summed E-state index contributed by atoms with van der Waals surface area (Å²) in [7, 11) is 1.82. The summed E-state index contributed by atoms with van der Waals surface area (Å²) in [6.07, 6.45) is 0. The van der Waals surface area contributed by atoms with Crippen molar-refractivity contribution in [1.29, 1.82) is 0 Å². The number of aryl methyl sites for hydroxylation is 4. The second-order valence-electron chi connectivity index (χ2n) is 4.30. The molecule has 2 N–H and O–H groups in total. The quantitative estimate of drug-likeness (QED) is 0.864. The summed E-state index contributed by atoms with van der Waals surface area (Å²) in [5.74, 6) is 1.41. The number of nitrogen functional groups attached to an aromatic ring is 1. The molecule has 0 bridgehead atoms. The van der Waals surface area contributed by atoms with Crippen LogP contribution in [-0.2, 0) is 7.05 Å². The molecule has 0 spiro atoms. The topological polar surface area (TPSA) is 53.1 Å². The monoisotopic (exact) mass is 231 g/mol. The fraction of sp³-hybridized carbons (Fsp3) is 0.308. The molecular weight excluding hydrogens is 214 g/mol. The number of hydrogen-bond acceptors (Lipinski definition) is 3. The second-order valence-corrected chi connectivity index (χ2v) is 4.30. The fourth-order valence-corrected chi connectivity index (χ4v) is 1.70. The van der Waals surface area contributed by atoms with E-state index in [1.54, 1.807) is 4.68 Å². The molecule has 0 amide bonds. The van der Waals surface area contributed by atoms with Crippen LogP contribution < -0.4 is 10.5 Å². The number of hydrogen-bond donors (Lipinski definition) is 1. The van der Waals surface area contributed by atoms with Gasteiger partial charge >= 0.3 is 0 Å². The van der Waals surface area contributed by atoms with Gasteiger partial charge in [-0.3, -0.25) is 0 Å². The number of nitrogens with zero attached hydrogens (tertiary/aromatic N) is 2. The van der Waals surface area contributed by atoms with Crippen LogP contribution in [0.3, 0.4) is 0 Å². The molecule has 90 valence electrons. The van der Waals surface area contributed by atoms with Crippen molar-refractivity contribution in [2.45, 2.75) is 20.8 Å². The zero-order chi connectivity index (χ0) is 12.6. The lowest BCUT2D eigenvalue weighted by molar-refractivity contribution is 0.429. The van der Waals surface area contributed by atoms with Gasteiger partial charge in [-0.2, -0.15) is 5.10 Å². The van der Waals surface area contributed by atoms with Gasteiger partial charge in [0.25, 0.3) is 0 Å². The molecule has 0 aliphatic carbocycles. The van der Waals surface area contributed by atoms with Gasteiger partial charge in [-0.1, -0.05) is 12.1 Å². The number of anilines is 1. The van der Waals surface area contributed by atoms with E-state index in [1.165, 1.54) is 0 Å². The largest absolute Gasteiger partial charge is 0.437 e. The second kappa shape index (κ2) is 4.13. The molecule has 0 saturated heterocycles. The molecule has 1 aromatic carbocycles. The van der Waals surface area contributed by atoms with Crippen LogP contribution in [0.15, 0.2) is 18.2 Å². The predicted molar refractivity (Wildman–Crippen MR) is 68.3 cm³/mol. The van der Waals surface area contributed by atoms with Gasteiger partial charge in [0.1, 0.15) is 11.4 Å². The summed E-state index contributed by atoms with van der Waals surface area (Å²) in [6, 6.07) is 6.08. The molecule has 0 saturated carbocycles. The minimum Gasteiger partial charge on any atom is -0.437 e. The molecule has 0 radical (unpaired) electrons. The van der Waals surface area contributed by atoms with Crippen LogP contribution in [0.25, 0.3) is 0 Å². The van der Waals surface area contributed by atoms with E-state index in [0.717, 1.165) is 22.6 Å². The Morgan fingerprint density at radius 2 is 1.94 bits per heavy atom. The van der Waals surface area contributed by atoms with Gasteiger partial charge in [-0.05, 0) is 38.0 Å². The molecule has 0 aliphatic heterocycles. The van der Waals surface area contributed by atoms with E-state index in [1.807, 2.05) is 40.0 Å². The maximum absolute atomic E-state index is 5.93. The maximum Gasteiger partial charge on any atom is 0.241 e. The summed E-state index contributed by atoms with van der Waals surface area (Å²) in [4.78, 5) is 0. The van der Waals surface area contributed by atoms with E-state index >= 15 is 0 Å². The summed E-state index contributed by atoms with van der Waals surface area (Å²) in [5.41, 5.74) is 9.54. The van der Waals surface area contributed by atoms with Crippen LogP contribution in [0.2, 0.25) is 0 Å². The molecule has 1 aromatic heterocycles. The van der Waals surface area contributed by atoms with E-state index in [9.17, 15) is 0 Å². The smallest absolute Gasteiger partial charge is 0.241 e. The van der Waals surface area contributed by atoms with Crippen LogP contribution >= 0.6 is 0 Å². The highest BCUT2D eigenvalue weighted by molar-refractivity contribution is 5.54. The Kier molecular flexibility index (Phi) is 2.79. The van der Waals surface area contributed by atoms with Crippen molar-refractivity contribution >= 4 is 5.69 Å². The standard InChI is InChI=1S/C13H17N3O/c1-8-5-6-9(2)11(7-8)17-13-12(14)10(3)15-16(13)4/h5-7H,14H2,1-4H3. The lowest BCUT2D eigenvalue weighted by Crippen LogP contribution is -1.98. The van der Waals surface area contributed by atoms with E-state index in [0.29, 0.717) is 11.6 Å². The van der Waals surface area contributed by atoms with Gasteiger partial charge in [-0.25, -0.2) is 4.68 Å². The van der Waals surface area contributed by atoms with Gasteiger partial charge in [-0.15, -0.1) is 0 Å². The summed E-state index contributed by atoms with van der Waals surface area (Å²) in [6.45, 7) is 5.91. The Balaban J connectivity index is 2.41. The Morgan fingerprint density at radius 3 is 2.53 bits per heavy atom. The van der Waals surface area contributed by atoms with Crippen molar-refractivity contribution in [3.05, 3.63) is 35.0 Å². The van der Waals surface area contributed by atoms with Gasteiger partial charge in [0, 0.05) is 7.05 Å². The fourth-order valence-electron chi connectivity index (χ4n) is 1.70. The first kappa shape index (κ1) is 11.5. The third kappa shape index (κ3) is 2.11. The summed E-state index contributed by atoms with van der Waals surface area (Å²) >= 11 is 0. The lowest BCUT2D eigenvalue weighted by Gasteiger charge is -2.10. The maximum atomic E-state index is 5.93. The lowest BCUT2D eigenvalue weighted by atomic mass is 10.1. The van der Waals surface area contributed by atoms with Crippen molar-refractivity contribution < 1.29 is 4.74 Å². The summed E-state index contributed by atoms with van der Waals surface area (Å²) < 4.78 is 7.51. The van der Waals surface area contributed by atoms with Crippen molar-refractivity contribution in [1.82, 2.24) is 9.78 Å². The van der Waals surface area contributed by atoms with Crippen LogP contribution in [0.5, 0.6) is 11.6 Å². The van der Waals surface area contributed by atoms with Crippen LogP contribution in [0.1, 0.15) is 16.8 Å². The molecule has 17 heavy (non-hydrogen) atoms. The first-order chi connectivity index (χ1) is 7.99. The number of benzene rings is 1. The number of ether oxygens (including phenoxy) is 1. The first-order valence-corrected chi connectivity index (χ1v) is 5.53. The normalized spacial score (nSPS) is 10.6. The third-order valence-corrected chi connectivity index (χ3v) is 2.76. The number of aromatic nitrogens is 2. The molecule has 0 unspecified atom stereocenters. The minimum absolute atomic E-state index is 0.591. The number of rotatable bonds is 2. The molecule has 0 fully saturated rings. The Hall–Kier alpha value is -1.97. The van der Waals surface area contributed by atoms with Crippen LogP contribution in [0, 0.1) is 20.8 Å². The van der Waals surface area contributed by atoms with Gasteiger partial charge in [0.2, 0.25) is 5.88 Å². The summed E-state index contributed by atoms with van der Waals surface area (Å²) in [5, 5.41) is 4.23. The van der Waals surface area contributed by atoms with Gasteiger partial charge in [0.15, 0.2) is 0 Å². The van der Waals surface area contributed by atoms with Crippen molar-refractivity contribution in [2.24, 2.45) is 7.05 Å². The van der Waals surface area contributed by atoms with Crippen LogP contribution in [0.4, 0.5) is 5.69 Å². The number of nitrogens with two attached hydrogens (primary N) is 1. The van der Waals surface area contributed by atoms with E-state index in [4.69, 9.17) is 10.5 Å². The first-order valence-electron chi connectivity index (χ1n) is 5.53. The highest BCUT2D eigenvalue weighted by Crippen LogP contribution is 2.31.